The molecule has 1 heterocycles. The van der Waals surface area contributed by atoms with Gasteiger partial charge in [-0.3, -0.25) is 0 Å². The number of aromatic nitrogens is 2. The molecule has 0 aliphatic carbocycles. The van der Waals surface area contributed by atoms with Crippen LogP contribution in [-0.2, 0) is 0 Å². The number of anilines is 1. The lowest BCUT2D eigenvalue weighted by atomic mass is 10.3. The van der Waals surface area contributed by atoms with E-state index < -0.39 is 0 Å². The molecule has 0 atom stereocenters. The third-order valence-electron chi connectivity index (χ3n) is 1.96. The monoisotopic (exact) mass is 237 g/mol. The number of allylic oxidation sites excluding steroid dienone is 2. The molecule has 86 valence electrons. The molecule has 0 aliphatic heterocycles. The Morgan fingerprint density at radius 2 is 2.31 bits per heavy atom. The first-order chi connectivity index (χ1) is 7.65. The van der Waals surface area contributed by atoms with Gasteiger partial charge in [0, 0.05) is 11.8 Å². The van der Waals surface area contributed by atoms with Gasteiger partial charge in [-0.05, 0) is 19.4 Å². The summed E-state index contributed by atoms with van der Waals surface area (Å²) >= 11 is 5.86. The molecule has 1 N–H and O–H groups in total. The van der Waals surface area contributed by atoms with E-state index in [9.17, 15) is 0 Å². The van der Waals surface area contributed by atoms with Gasteiger partial charge >= 0.3 is 0 Å². The van der Waals surface area contributed by atoms with Crippen LogP contribution in [0.2, 0.25) is 5.15 Å². The molecule has 16 heavy (non-hydrogen) atoms. The molecule has 0 amide bonds. The second-order valence-electron chi connectivity index (χ2n) is 3.44. The number of hydrogen-bond donors (Lipinski definition) is 1. The van der Waals surface area contributed by atoms with E-state index in [4.69, 9.17) is 11.6 Å². The summed E-state index contributed by atoms with van der Waals surface area (Å²) in [5, 5.41) is 3.58. The summed E-state index contributed by atoms with van der Waals surface area (Å²) in [4.78, 5) is 8.23. The zero-order valence-corrected chi connectivity index (χ0v) is 10.4. The van der Waals surface area contributed by atoms with Gasteiger partial charge in [-0.2, -0.15) is 0 Å². The van der Waals surface area contributed by atoms with Gasteiger partial charge < -0.3 is 5.32 Å². The van der Waals surface area contributed by atoms with Crippen molar-refractivity contribution in [3.8, 4) is 0 Å². The van der Waals surface area contributed by atoms with Crippen molar-refractivity contribution in [3.05, 3.63) is 35.4 Å². The van der Waals surface area contributed by atoms with Crippen LogP contribution in [0.15, 0.2) is 24.4 Å². The molecular formula is C12H16ClN3. The predicted molar refractivity (Wildman–Crippen MR) is 69.4 cm³/mol. The van der Waals surface area contributed by atoms with Crippen molar-refractivity contribution in [2.75, 3.05) is 5.32 Å². The molecule has 0 saturated carbocycles. The fraction of sp³-hybridized carbons (Fsp3) is 0.333. The van der Waals surface area contributed by atoms with Crippen LogP contribution in [0.5, 0.6) is 0 Å². The number of nitrogens with one attached hydrogen (secondary N) is 1. The molecule has 0 unspecified atom stereocenters. The molecule has 4 heteroatoms. The van der Waals surface area contributed by atoms with E-state index in [0.29, 0.717) is 16.8 Å². The minimum absolute atomic E-state index is 0.413. The lowest BCUT2D eigenvalue weighted by Gasteiger charge is -2.06. The fourth-order valence-corrected chi connectivity index (χ4v) is 1.39. The molecule has 0 spiro atoms. The predicted octanol–water partition coefficient (Wildman–Crippen LogP) is 3.89. The standard InChI is InChI=1S/C12H16ClN3/c1-4-6-7-9(3)14-12-8-10(13)15-11(5-2)16-12/h5,7-8H,2,4,6H2,1,3H3,(H,14,15,16)/b9-7+. The van der Waals surface area contributed by atoms with Crippen molar-refractivity contribution >= 4 is 23.5 Å². The highest BCUT2D eigenvalue weighted by molar-refractivity contribution is 6.29. The van der Waals surface area contributed by atoms with E-state index in [1.165, 1.54) is 0 Å². The molecule has 1 aromatic rings. The number of nitrogens with zero attached hydrogens (tertiary/aromatic N) is 2. The Bertz CT molecular complexity index is 399. The summed E-state index contributed by atoms with van der Waals surface area (Å²) in [6, 6.07) is 1.69. The third kappa shape index (κ3) is 4.03. The Hall–Kier alpha value is -1.35. The smallest absolute Gasteiger partial charge is 0.155 e. The second kappa shape index (κ2) is 6.28. The quantitative estimate of drug-likeness (QED) is 0.790. The summed E-state index contributed by atoms with van der Waals surface area (Å²) in [5.41, 5.74) is 1.06. The SMILES string of the molecule is C=Cc1nc(Cl)cc(N/C(C)=C/CCC)n1. The molecule has 0 saturated heterocycles. The number of unbranched alkanes of at least 4 members (excludes halogenated alkanes) is 1. The number of halogens is 1. The summed E-state index contributed by atoms with van der Waals surface area (Å²) in [5.74, 6) is 1.22. The average molecular weight is 238 g/mol. The van der Waals surface area contributed by atoms with Gasteiger partial charge in [-0.1, -0.05) is 37.6 Å². The third-order valence-corrected chi connectivity index (χ3v) is 2.15. The van der Waals surface area contributed by atoms with Crippen LogP contribution in [0, 0.1) is 0 Å². The van der Waals surface area contributed by atoms with E-state index in [2.05, 4.69) is 34.9 Å². The molecule has 0 radical (unpaired) electrons. The van der Waals surface area contributed by atoms with Gasteiger partial charge in [0.05, 0.1) is 0 Å². The molecule has 3 nitrogen and oxygen atoms in total. The molecule has 0 bridgehead atoms. The van der Waals surface area contributed by atoms with Gasteiger partial charge in [0.1, 0.15) is 11.0 Å². The van der Waals surface area contributed by atoms with Crippen LogP contribution in [0.4, 0.5) is 5.82 Å². The van der Waals surface area contributed by atoms with Gasteiger partial charge in [-0.15, -0.1) is 0 Å². The summed E-state index contributed by atoms with van der Waals surface area (Å²) in [6.07, 6.45) is 5.87. The topological polar surface area (TPSA) is 37.8 Å². The molecular weight excluding hydrogens is 222 g/mol. The van der Waals surface area contributed by atoms with Gasteiger partial charge in [0.25, 0.3) is 0 Å². The van der Waals surface area contributed by atoms with Crippen molar-refractivity contribution in [3.63, 3.8) is 0 Å². The highest BCUT2D eigenvalue weighted by Crippen LogP contribution is 2.14. The van der Waals surface area contributed by atoms with Crippen molar-refractivity contribution in [2.45, 2.75) is 26.7 Å². The van der Waals surface area contributed by atoms with Crippen molar-refractivity contribution in [2.24, 2.45) is 0 Å². The summed E-state index contributed by atoms with van der Waals surface area (Å²) in [7, 11) is 0. The normalized spacial score (nSPS) is 11.3. The van der Waals surface area contributed by atoms with Gasteiger partial charge in [0.2, 0.25) is 0 Å². The first-order valence-corrected chi connectivity index (χ1v) is 5.64. The molecule has 1 aromatic heterocycles. The highest BCUT2D eigenvalue weighted by Gasteiger charge is 2.00. The maximum Gasteiger partial charge on any atom is 0.155 e. The Morgan fingerprint density at radius 1 is 1.56 bits per heavy atom. The van der Waals surface area contributed by atoms with Crippen LogP contribution in [0.25, 0.3) is 6.08 Å². The average Bonchev–Trinajstić information content (AvgIpc) is 2.25. The Kier molecular flexibility index (Phi) is 4.99. The molecule has 0 aromatic carbocycles. The molecule has 0 aliphatic rings. The zero-order chi connectivity index (χ0) is 12.0. The maximum absolute atomic E-state index is 5.86. The van der Waals surface area contributed by atoms with Gasteiger partial charge in [-0.25, -0.2) is 9.97 Å². The molecule has 1 rings (SSSR count). The van der Waals surface area contributed by atoms with Crippen LogP contribution in [0.3, 0.4) is 0 Å². The van der Waals surface area contributed by atoms with Crippen LogP contribution < -0.4 is 5.32 Å². The van der Waals surface area contributed by atoms with E-state index in [-0.39, 0.29) is 0 Å². The van der Waals surface area contributed by atoms with Crippen molar-refractivity contribution in [1.29, 1.82) is 0 Å². The van der Waals surface area contributed by atoms with Crippen LogP contribution in [0.1, 0.15) is 32.5 Å². The van der Waals surface area contributed by atoms with E-state index in [1.54, 1.807) is 12.1 Å². The van der Waals surface area contributed by atoms with E-state index >= 15 is 0 Å². The number of rotatable bonds is 5. The Balaban J connectivity index is 2.80. The lowest BCUT2D eigenvalue weighted by molar-refractivity contribution is 0.948. The minimum Gasteiger partial charge on any atom is -0.344 e. The Morgan fingerprint density at radius 3 is 2.94 bits per heavy atom. The first-order valence-electron chi connectivity index (χ1n) is 5.26. The van der Waals surface area contributed by atoms with Crippen LogP contribution in [-0.4, -0.2) is 9.97 Å². The largest absolute Gasteiger partial charge is 0.344 e. The first kappa shape index (κ1) is 12.7. The van der Waals surface area contributed by atoms with Gasteiger partial charge in [0.15, 0.2) is 5.82 Å². The maximum atomic E-state index is 5.86. The van der Waals surface area contributed by atoms with Crippen molar-refractivity contribution in [1.82, 2.24) is 9.97 Å². The summed E-state index contributed by atoms with van der Waals surface area (Å²) < 4.78 is 0. The second-order valence-corrected chi connectivity index (χ2v) is 3.83. The van der Waals surface area contributed by atoms with E-state index in [0.717, 1.165) is 18.5 Å². The zero-order valence-electron chi connectivity index (χ0n) is 9.63. The lowest BCUT2D eigenvalue weighted by Crippen LogP contribution is -2.00. The van der Waals surface area contributed by atoms with Crippen LogP contribution >= 0.6 is 11.6 Å². The molecule has 0 fully saturated rings. The Labute approximate surface area is 101 Å². The fourth-order valence-electron chi connectivity index (χ4n) is 1.20. The highest BCUT2D eigenvalue weighted by atomic mass is 35.5. The van der Waals surface area contributed by atoms with E-state index in [1.807, 2.05) is 6.92 Å². The van der Waals surface area contributed by atoms with Crippen molar-refractivity contribution < 1.29 is 0 Å². The number of hydrogen-bond acceptors (Lipinski definition) is 3. The summed E-state index contributed by atoms with van der Waals surface area (Å²) in [6.45, 7) is 7.76. The minimum atomic E-state index is 0.413.